The van der Waals surface area contributed by atoms with Crippen LogP contribution in [0.1, 0.15) is 28.1 Å². The number of piperazine rings is 1. The van der Waals surface area contributed by atoms with E-state index in [0.717, 1.165) is 34.6 Å². The van der Waals surface area contributed by atoms with Crippen LogP contribution in [0.5, 0.6) is 0 Å². The van der Waals surface area contributed by atoms with Gasteiger partial charge in [-0.15, -0.1) is 0 Å². The maximum atomic E-state index is 12.9. The number of carbonyl (C=O) groups is 1. The number of amides is 1. The zero-order chi connectivity index (χ0) is 20.7. The van der Waals surface area contributed by atoms with Crippen molar-refractivity contribution in [2.24, 2.45) is 0 Å². The Balaban J connectivity index is 1.44. The lowest BCUT2D eigenvalue weighted by Crippen LogP contribution is -2.49. The molecule has 1 saturated heterocycles. The molecule has 1 amide bonds. The third kappa shape index (κ3) is 3.27. The second-order valence-electron chi connectivity index (χ2n) is 7.74. The van der Waals surface area contributed by atoms with E-state index in [-0.39, 0.29) is 11.9 Å². The van der Waals surface area contributed by atoms with E-state index in [1.165, 1.54) is 0 Å². The van der Waals surface area contributed by atoms with Crippen LogP contribution in [0.3, 0.4) is 0 Å². The molecule has 5 rings (SSSR count). The van der Waals surface area contributed by atoms with Crippen LogP contribution >= 0.6 is 0 Å². The number of hydrogen-bond donors (Lipinski definition) is 0. The molecule has 0 spiro atoms. The molecule has 1 aliphatic heterocycles. The average Bonchev–Trinajstić information content (AvgIpc) is 3.40. The number of furan rings is 1. The maximum Gasteiger partial charge on any atom is 0.289 e. The van der Waals surface area contributed by atoms with Crippen LogP contribution in [-0.2, 0) is 0 Å². The Morgan fingerprint density at radius 3 is 2.80 bits per heavy atom. The number of pyridine rings is 2. The number of aryl methyl sites for hydroxylation is 1. The Morgan fingerprint density at radius 1 is 1.13 bits per heavy atom. The van der Waals surface area contributed by atoms with Crippen molar-refractivity contribution < 1.29 is 9.21 Å². The van der Waals surface area contributed by atoms with E-state index in [4.69, 9.17) is 9.40 Å². The first kappa shape index (κ1) is 18.6. The quantitative estimate of drug-likeness (QED) is 0.526. The highest BCUT2D eigenvalue weighted by Crippen LogP contribution is 2.29. The summed E-state index contributed by atoms with van der Waals surface area (Å²) in [6.07, 6.45) is 7.54. The van der Waals surface area contributed by atoms with E-state index < -0.39 is 0 Å². The SMILES string of the molecule is Cc1ccc(C(=O)N2CCN(C)[C@H](c3ncn4cc(-c5cccnc5)ccc34)C2)o1. The molecule has 4 aromatic rings. The van der Waals surface area contributed by atoms with Crippen molar-refractivity contribution in [1.82, 2.24) is 24.2 Å². The summed E-state index contributed by atoms with van der Waals surface area (Å²) in [5.41, 5.74) is 4.17. The Kier molecular flexibility index (Phi) is 4.59. The molecule has 0 aromatic carbocycles. The van der Waals surface area contributed by atoms with Crippen LogP contribution in [0, 0.1) is 6.92 Å². The highest BCUT2D eigenvalue weighted by atomic mass is 16.3. The number of fused-ring (bicyclic) bond motifs is 1. The average molecular weight is 401 g/mol. The lowest BCUT2D eigenvalue weighted by Gasteiger charge is -2.38. The minimum absolute atomic E-state index is 0.0213. The topological polar surface area (TPSA) is 66.9 Å². The molecule has 30 heavy (non-hydrogen) atoms. The van der Waals surface area contributed by atoms with Crippen molar-refractivity contribution in [2.75, 3.05) is 26.7 Å². The van der Waals surface area contributed by atoms with Crippen molar-refractivity contribution >= 4 is 11.4 Å². The monoisotopic (exact) mass is 401 g/mol. The first-order chi connectivity index (χ1) is 14.6. The molecule has 0 unspecified atom stereocenters. The molecular formula is C23H23N5O2. The van der Waals surface area contributed by atoms with Gasteiger partial charge in [0.25, 0.3) is 5.91 Å². The summed E-state index contributed by atoms with van der Waals surface area (Å²) in [7, 11) is 2.08. The molecule has 0 saturated carbocycles. The van der Waals surface area contributed by atoms with Crippen LogP contribution in [0.15, 0.2) is 65.7 Å². The molecule has 4 aromatic heterocycles. The largest absolute Gasteiger partial charge is 0.456 e. The number of hydrogen-bond acceptors (Lipinski definition) is 5. The minimum Gasteiger partial charge on any atom is -0.456 e. The van der Waals surface area contributed by atoms with Gasteiger partial charge >= 0.3 is 0 Å². The summed E-state index contributed by atoms with van der Waals surface area (Å²) < 4.78 is 7.59. The molecule has 0 N–H and O–H groups in total. The third-order valence-electron chi connectivity index (χ3n) is 5.76. The van der Waals surface area contributed by atoms with Gasteiger partial charge in [-0.2, -0.15) is 0 Å². The van der Waals surface area contributed by atoms with Gasteiger partial charge in [0.05, 0.1) is 23.6 Å². The van der Waals surface area contributed by atoms with Crippen molar-refractivity contribution in [2.45, 2.75) is 13.0 Å². The van der Waals surface area contributed by atoms with Crippen molar-refractivity contribution in [3.8, 4) is 11.1 Å². The van der Waals surface area contributed by atoms with E-state index in [0.29, 0.717) is 18.8 Å². The molecule has 0 radical (unpaired) electrons. The molecule has 1 fully saturated rings. The third-order valence-corrected chi connectivity index (χ3v) is 5.76. The number of nitrogens with zero attached hydrogens (tertiary/aromatic N) is 5. The molecule has 5 heterocycles. The number of aromatic nitrogens is 3. The summed E-state index contributed by atoms with van der Waals surface area (Å²) >= 11 is 0. The summed E-state index contributed by atoms with van der Waals surface area (Å²) in [6.45, 7) is 3.87. The van der Waals surface area contributed by atoms with Crippen LogP contribution in [0.2, 0.25) is 0 Å². The summed E-state index contributed by atoms with van der Waals surface area (Å²) in [4.78, 5) is 25.9. The van der Waals surface area contributed by atoms with E-state index in [2.05, 4.69) is 35.3 Å². The van der Waals surface area contributed by atoms with Gasteiger partial charge in [0.2, 0.25) is 0 Å². The first-order valence-electron chi connectivity index (χ1n) is 10.0. The minimum atomic E-state index is -0.0661. The first-order valence-corrected chi connectivity index (χ1v) is 10.0. The summed E-state index contributed by atoms with van der Waals surface area (Å²) in [5, 5.41) is 0. The predicted molar refractivity (Wildman–Crippen MR) is 113 cm³/mol. The lowest BCUT2D eigenvalue weighted by atomic mass is 10.1. The zero-order valence-corrected chi connectivity index (χ0v) is 17.0. The van der Waals surface area contributed by atoms with Crippen LogP contribution in [-0.4, -0.2) is 56.8 Å². The number of rotatable bonds is 3. The number of carbonyl (C=O) groups excluding carboxylic acids is 1. The van der Waals surface area contributed by atoms with E-state index in [9.17, 15) is 4.79 Å². The highest BCUT2D eigenvalue weighted by molar-refractivity contribution is 5.91. The highest BCUT2D eigenvalue weighted by Gasteiger charge is 2.32. The van der Waals surface area contributed by atoms with Gasteiger partial charge in [-0.1, -0.05) is 12.1 Å². The molecule has 152 valence electrons. The van der Waals surface area contributed by atoms with Crippen LogP contribution < -0.4 is 0 Å². The summed E-state index contributed by atoms with van der Waals surface area (Å²) in [5.74, 6) is 1.07. The lowest BCUT2D eigenvalue weighted by molar-refractivity contribution is 0.0512. The van der Waals surface area contributed by atoms with Gasteiger partial charge < -0.3 is 13.7 Å². The Labute approximate surface area is 174 Å². The molecule has 0 bridgehead atoms. The fraction of sp³-hybridized carbons (Fsp3) is 0.261. The Bertz CT molecular complexity index is 1200. The van der Waals surface area contributed by atoms with Crippen LogP contribution in [0.4, 0.5) is 0 Å². The zero-order valence-electron chi connectivity index (χ0n) is 17.0. The van der Waals surface area contributed by atoms with Crippen molar-refractivity contribution in [3.63, 3.8) is 0 Å². The number of imidazole rings is 1. The van der Waals surface area contributed by atoms with Crippen LogP contribution in [0.25, 0.3) is 16.6 Å². The molecule has 1 atom stereocenters. The Hall–Kier alpha value is -3.45. The fourth-order valence-corrected chi connectivity index (χ4v) is 4.04. The second-order valence-corrected chi connectivity index (χ2v) is 7.74. The standard InChI is InChI=1S/C23H23N5O2/c1-16-5-8-21(30-16)23(29)27-11-10-26(2)20(14-27)22-19-7-6-18(13-28(19)15-25-22)17-4-3-9-24-12-17/h3-9,12-13,15,20H,10-11,14H2,1-2H3/t20-/m0/s1. The van der Waals surface area contributed by atoms with Gasteiger partial charge in [-0.05, 0) is 43.8 Å². The molecular weight excluding hydrogens is 378 g/mol. The van der Waals surface area contributed by atoms with Crippen molar-refractivity contribution in [3.05, 3.63) is 78.5 Å². The smallest absolute Gasteiger partial charge is 0.289 e. The van der Waals surface area contributed by atoms with E-state index >= 15 is 0 Å². The number of likely N-dealkylation sites (N-methyl/N-ethyl adjacent to an activating group) is 1. The van der Waals surface area contributed by atoms with Gasteiger partial charge in [-0.3, -0.25) is 14.7 Å². The summed E-state index contributed by atoms with van der Waals surface area (Å²) in [6, 6.07) is 11.8. The Morgan fingerprint density at radius 2 is 2.03 bits per heavy atom. The van der Waals surface area contributed by atoms with Gasteiger partial charge in [0.1, 0.15) is 5.76 Å². The molecule has 1 aliphatic rings. The normalized spacial score (nSPS) is 17.5. The fourth-order valence-electron chi connectivity index (χ4n) is 4.04. The van der Waals surface area contributed by atoms with E-state index in [1.807, 2.05) is 46.9 Å². The second kappa shape index (κ2) is 7.42. The predicted octanol–water partition coefficient (Wildman–Crippen LogP) is 3.43. The van der Waals surface area contributed by atoms with Gasteiger partial charge in [-0.25, -0.2) is 4.98 Å². The van der Waals surface area contributed by atoms with Gasteiger partial charge in [0, 0.05) is 43.8 Å². The molecule has 7 heteroatoms. The maximum absolute atomic E-state index is 12.9. The van der Waals surface area contributed by atoms with E-state index in [1.54, 1.807) is 12.3 Å². The van der Waals surface area contributed by atoms with Crippen molar-refractivity contribution in [1.29, 1.82) is 0 Å². The molecule has 7 nitrogen and oxygen atoms in total. The molecule has 0 aliphatic carbocycles. The van der Waals surface area contributed by atoms with Gasteiger partial charge in [0.15, 0.2) is 5.76 Å².